The molecule has 0 spiro atoms. The predicted octanol–water partition coefficient (Wildman–Crippen LogP) is 4.44. The van der Waals surface area contributed by atoms with E-state index in [1.807, 2.05) is 26.0 Å². The first kappa shape index (κ1) is 14.1. The molecule has 0 saturated carbocycles. The second-order valence-electron chi connectivity index (χ2n) is 4.72. The van der Waals surface area contributed by atoms with E-state index in [1.165, 1.54) is 18.2 Å². The van der Waals surface area contributed by atoms with E-state index in [0.717, 1.165) is 5.56 Å². The number of carboxylic acids is 1. The lowest BCUT2D eigenvalue weighted by molar-refractivity contribution is 0.0693. The second-order valence-corrected chi connectivity index (χ2v) is 4.72. The molecule has 4 heteroatoms. The molecule has 0 fully saturated rings. The maximum Gasteiger partial charge on any atom is 0.339 e. The van der Waals surface area contributed by atoms with Gasteiger partial charge in [-0.05, 0) is 29.7 Å². The van der Waals surface area contributed by atoms with Crippen LogP contribution in [0.3, 0.4) is 0 Å². The highest BCUT2D eigenvalue weighted by molar-refractivity contribution is 5.91. The third-order valence-corrected chi connectivity index (χ3v) is 2.95. The van der Waals surface area contributed by atoms with Gasteiger partial charge in [0.25, 0.3) is 0 Å². The summed E-state index contributed by atoms with van der Waals surface area (Å²) in [5.74, 6) is -1.51. The molecule has 104 valence electrons. The summed E-state index contributed by atoms with van der Waals surface area (Å²) in [5.41, 5.74) is 0.704. The third kappa shape index (κ3) is 2.79. The molecule has 0 aromatic heterocycles. The van der Waals surface area contributed by atoms with E-state index < -0.39 is 11.8 Å². The lowest BCUT2D eigenvalue weighted by Crippen LogP contribution is -2.03. The van der Waals surface area contributed by atoms with Gasteiger partial charge in [0.1, 0.15) is 11.3 Å². The summed E-state index contributed by atoms with van der Waals surface area (Å²) >= 11 is 0. The number of para-hydroxylation sites is 2. The molecule has 20 heavy (non-hydrogen) atoms. The minimum atomic E-state index is -1.22. The number of carbonyl (C=O) groups is 1. The van der Waals surface area contributed by atoms with E-state index in [4.69, 9.17) is 9.84 Å². The van der Waals surface area contributed by atoms with E-state index in [9.17, 15) is 9.18 Å². The van der Waals surface area contributed by atoms with Crippen LogP contribution in [-0.4, -0.2) is 11.1 Å². The van der Waals surface area contributed by atoms with Gasteiger partial charge in [0.05, 0.1) is 0 Å². The maximum absolute atomic E-state index is 13.8. The van der Waals surface area contributed by atoms with Gasteiger partial charge in [-0.15, -0.1) is 0 Å². The zero-order valence-corrected chi connectivity index (χ0v) is 11.3. The molecular weight excluding hydrogens is 259 g/mol. The monoisotopic (exact) mass is 274 g/mol. The average Bonchev–Trinajstić information content (AvgIpc) is 2.41. The van der Waals surface area contributed by atoms with Gasteiger partial charge in [0.2, 0.25) is 0 Å². The van der Waals surface area contributed by atoms with Gasteiger partial charge in [-0.25, -0.2) is 9.18 Å². The molecule has 2 aromatic carbocycles. The van der Waals surface area contributed by atoms with E-state index in [0.29, 0.717) is 5.75 Å². The van der Waals surface area contributed by atoms with Crippen LogP contribution >= 0.6 is 0 Å². The van der Waals surface area contributed by atoms with E-state index in [2.05, 4.69) is 0 Å². The molecule has 0 saturated heterocycles. The quantitative estimate of drug-likeness (QED) is 0.896. The molecule has 0 aliphatic heterocycles. The van der Waals surface area contributed by atoms with Crippen LogP contribution in [0.25, 0.3) is 0 Å². The van der Waals surface area contributed by atoms with Crippen LogP contribution in [0, 0.1) is 5.82 Å². The Morgan fingerprint density at radius 3 is 2.50 bits per heavy atom. The Kier molecular flexibility index (Phi) is 4.03. The number of halogens is 1. The van der Waals surface area contributed by atoms with Crippen molar-refractivity contribution < 1.29 is 19.0 Å². The first-order valence-electron chi connectivity index (χ1n) is 6.29. The van der Waals surface area contributed by atoms with Gasteiger partial charge in [-0.2, -0.15) is 0 Å². The van der Waals surface area contributed by atoms with Crippen LogP contribution in [0.15, 0.2) is 42.5 Å². The largest absolute Gasteiger partial charge is 0.478 e. The van der Waals surface area contributed by atoms with Gasteiger partial charge in [0.15, 0.2) is 11.6 Å². The Hall–Kier alpha value is -2.36. The standard InChI is InChI=1S/C16H15FO3/c1-10(2)11-6-3-4-9-14(11)20-15-12(16(18)19)7-5-8-13(15)17/h3-10H,1-2H3,(H,18,19). The average molecular weight is 274 g/mol. The molecule has 0 aliphatic carbocycles. The molecule has 0 bridgehead atoms. The van der Waals surface area contributed by atoms with Crippen LogP contribution in [0.5, 0.6) is 11.5 Å². The minimum absolute atomic E-state index is 0.186. The normalized spacial score (nSPS) is 10.6. The Bertz CT molecular complexity index is 635. The summed E-state index contributed by atoms with van der Waals surface area (Å²) in [7, 11) is 0. The topological polar surface area (TPSA) is 46.5 Å². The van der Waals surface area contributed by atoms with Crippen molar-refractivity contribution in [1.82, 2.24) is 0 Å². The fourth-order valence-electron chi connectivity index (χ4n) is 1.94. The Balaban J connectivity index is 2.48. The van der Waals surface area contributed by atoms with E-state index >= 15 is 0 Å². The Morgan fingerprint density at radius 1 is 1.15 bits per heavy atom. The van der Waals surface area contributed by atoms with Crippen LogP contribution < -0.4 is 4.74 Å². The summed E-state index contributed by atoms with van der Waals surface area (Å²) in [6.45, 7) is 3.98. The third-order valence-electron chi connectivity index (χ3n) is 2.95. The molecule has 0 aliphatic rings. The number of benzene rings is 2. The summed E-state index contributed by atoms with van der Waals surface area (Å²) in [5, 5.41) is 9.10. The molecule has 2 aromatic rings. The SMILES string of the molecule is CC(C)c1ccccc1Oc1c(F)cccc1C(=O)O. The highest BCUT2D eigenvalue weighted by Crippen LogP contribution is 2.33. The maximum atomic E-state index is 13.8. The number of aromatic carboxylic acids is 1. The van der Waals surface area contributed by atoms with Gasteiger partial charge in [0, 0.05) is 0 Å². The molecule has 0 heterocycles. The van der Waals surface area contributed by atoms with Crippen molar-refractivity contribution in [3.8, 4) is 11.5 Å². The van der Waals surface area contributed by atoms with Crippen LogP contribution in [0.4, 0.5) is 4.39 Å². The number of hydrogen-bond acceptors (Lipinski definition) is 2. The van der Waals surface area contributed by atoms with Crippen LogP contribution in [0.1, 0.15) is 35.7 Å². The first-order chi connectivity index (χ1) is 9.50. The molecule has 3 nitrogen and oxygen atoms in total. The fraction of sp³-hybridized carbons (Fsp3) is 0.188. The molecular formula is C16H15FO3. The van der Waals surface area contributed by atoms with Crippen molar-refractivity contribution in [2.45, 2.75) is 19.8 Å². The first-order valence-corrected chi connectivity index (χ1v) is 6.29. The Morgan fingerprint density at radius 2 is 1.85 bits per heavy atom. The highest BCUT2D eigenvalue weighted by atomic mass is 19.1. The summed E-state index contributed by atoms with van der Waals surface area (Å²) in [4.78, 5) is 11.1. The van der Waals surface area contributed by atoms with Crippen LogP contribution in [0.2, 0.25) is 0 Å². The lowest BCUT2D eigenvalue weighted by atomic mass is 10.0. The van der Waals surface area contributed by atoms with Crippen molar-refractivity contribution in [3.63, 3.8) is 0 Å². The van der Waals surface area contributed by atoms with Crippen LogP contribution in [-0.2, 0) is 0 Å². The lowest BCUT2D eigenvalue weighted by Gasteiger charge is -2.15. The number of ether oxygens (including phenoxy) is 1. The molecule has 0 amide bonds. The summed E-state index contributed by atoms with van der Waals surface area (Å²) < 4.78 is 19.4. The molecule has 2 rings (SSSR count). The minimum Gasteiger partial charge on any atom is -0.478 e. The van der Waals surface area contributed by atoms with E-state index in [1.54, 1.807) is 12.1 Å². The van der Waals surface area contributed by atoms with Crippen molar-refractivity contribution in [2.24, 2.45) is 0 Å². The predicted molar refractivity (Wildman–Crippen MR) is 74.0 cm³/mol. The smallest absolute Gasteiger partial charge is 0.339 e. The van der Waals surface area contributed by atoms with Crippen molar-refractivity contribution in [2.75, 3.05) is 0 Å². The second kappa shape index (κ2) is 5.74. The van der Waals surface area contributed by atoms with Crippen molar-refractivity contribution in [3.05, 3.63) is 59.4 Å². The van der Waals surface area contributed by atoms with Crippen molar-refractivity contribution in [1.29, 1.82) is 0 Å². The highest BCUT2D eigenvalue weighted by Gasteiger charge is 2.18. The number of rotatable bonds is 4. The van der Waals surface area contributed by atoms with Gasteiger partial charge < -0.3 is 9.84 Å². The summed E-state index contributed by atoms with van der Waals surface area (Å²) in [6, 6.07) is 11.1. The van der Waals surface area contributed by atoms with Gasteiger partial charge in [-0.3, -0.25) is 0 Å². The number of hydrogen-bond donors (Lipinski definition) is 1. The Labute approximate surface area is 116 Å². The van der Waals surface area contributed by atoms with Gasteiger partial charge >= 0.3 is 5.97 Å². The summed E-state index contributed by atoms with van der Waals surface area (Å²) in [6.07, 6.45) is 0. The van der Waals surface area contributed by atoms with Crippen molar-refractivity contribution >= 4 is 5.97 Å². The molecule has 0 unspecified atom stereocenters. The number of carboxylic acid groups (broad SMARTS) is 1. The van der Waals surface area contributed by atoms with Gasteiger partial charge in [-0.1, -0.05) is 38.1 Å². The van der Waals surface area contributed by atoms with E-state index in [-0.39, 0.29) is 17.2 Å². The zero-order valence-electron chi connectivity index (χ0n) is 11.3. The molecule has 1 N–H and O–H groups in total. The zero-order chi connectivity index (χ0) is 14.7. The molecule has 0 atom stereocenters. The fourth-order valence-corrected chi connectivity index (χ4v) is 1.94. The molecule has 0 radical (unpaired) electrons.